The van der Waals surface area contributed by atoms with Gasteiger partial charge in [0.2, 0.25) is 5.91 Å². The Bertz CT molecular complexity index is 1190. The number of fused-ring (bicyclic) bond motifs is 1. The average Bonchev–Trinajstić information content (AvgIpc) is 3.08. The Labute approximate surface area is 202 Å². The molecule has 2 aromatic rings. The number of carbonyl (C=O) groups excluding carboxylic acids is 4. The molecule has 2 aliphatic heterocycles. The maximum Gasteiger partial charge on any atom is 0.325 e. The minimum Gasteiger partial charge on any atom is -0.323 e. The van der Waals surface area contributed by atoms with E-state index in [9.17, 15) is 23.6 Å². The van der Waals surface area contributed by atoms with E-state index in [-0.39, 0.29) is 24.3 Å². The summed E-state index contributed by atoms with van der Waals surface area (Å²) in [5, 5.41) is 5.71. The fraction of sp³-hybridized carbons (Fsp3) is 0.385. The van der Waals surface area contributed by atoms with Crippen LogP contribution in [-0.4, -0.2) is 47.3 Å². The van der Waals surface area contributed by atoms with Gasteiger partial charge >= 0.3 is 6.03 Å². The van der Waals surface area contributed by atoms with Gasteiger partial charge in [-0.15, -0.1) is 0 Å². The van der Waals surface area contributed by atoms with E-state index in [0.29, 0.717) is 49.2 Å². The fourth-order valence-electron chi connectivity index (χ4n) is 5.33. The molecule has 0 atom stereocenters. The third-order valence-corrected chi connectivity index (χ3v) is 7.15. The molecule has 0 radical (unpaired) electrons. The van der Waals surface area contributed by atoms with Crippen LogP contribution in [0.4, 0.5) is 20.6 Å². The van der Waals surface area contributed by atoms with Crippen LogP contribution in [0.25, 0.3) is 0 Å². The molecule has 2 N–H and O–H groups in total. The summed E-state index contributed by atoms with van der Waals surface area (Å²) in [5.41, 5.74) is 1.49. The number of hydrogen-bond donors (Lipinski definition) is 2. The van der Waals surface area contributed by atoms with Gasteiger partial charge in [0.15, 0.2) is 0 Å². The predicted molar refractivity (Wildman–Crippen MR) is 128 cm³/mol. The second kappa shape index (κ2) is 9.13. The molecule has 1 spiro atoms. The zero-order valence-corrected chi connectivity index (χ0v) is 19.3. The van der Waals surface area contributed by atoms with Gasteiger partial charge in [0, 0.05) is 23.5 Å². The molecule has 9 heteroatoms. The number of nitrogens with one attached hydrogen (secondary N) is 2. The van der Waals surface area contributed by atoms with Gasteiger partial charge in [0.05, 0.1) is 0 Å². The van der Waals surface area contributed by atoms with E-state index in [0.717, 1.165) is 29.7 Å². The van der Waals surface area contributed by atoms with Crippen LogP contribution in [0.15, 0.2) is 42.5 Å². The number of halogens is 1. The Hall–Kier alpha value is -3.75. The second-order valence-corrected chi connectivity index (χ2v) is 9.38. The number of hydrogen-bond acceptors (Lipinski definition) is 4. The Morgan fingerprint density at radius 2 is 1.74 bits per heavy atom. The van der Waals surface area contributed by atoms with E-state index >= 15 is 0 Å². The van der Waals surface area contributed by atoms with Crippen molar-refractivity contribution < 1.29 is 23.6 Å². The maximum atomic E-state index is 13.3. The number of carbonyl (C=O) groups is 4. The molecule has 1 saturated heterocycles. The Balaban J connectivity index is 1.33. The minimum atomic E-state index is -0.868. The van der Waals surface area contributed by atoms with Crippen LogP contribution in [0, 0.1) is 5.82 Å². The van der Waals surface area contributed by atoms with E-state index in [1.54, 1.807) is 23.1 Å². The third-order valence-electron chi connectivity index (χ3n) is 7.15. The molecular weight excluding hydrogens is 451 g/mol. The Kier molecular flexibility index (Phi) is 6.00. The second-order valence-electron chi connectivity index (χ2n) is 9.38. The molecule has 8 nitrogen and oxygen atoms in total. The molecule has 2 aromatic carbocycles. The van der Waals surface area contributed by atoms with Crippen molar-refractivity contribution in [2.45, 2.75) is 50.5 Å². The number of rotatable bonds is 4. The summed E-state index contributed by atoms with van der Waals surface area (Å²) < 4.78 is 13.2. The number of nitrogens with zero attached hydrogens (tertiary/aromatic N) is 2. The average molecular weight is 479 g/mol. The third kappa shape index (κ3) is 4.26. The molecule has 3 aliphatic rings. The number of urea groups is 1. The SMILES string of the molecule is O=C(Nc1cccc2c1CCCN2C(=O)CN1C(=O)NC2(CCCCC2)C1=O)c1ccc(F)cc1. The summed E-state index contributed by atoms with van der Waals surface area (Å²) in [5.74, 6) is -1.45. The van der Waals surface area contributed by atoms with Crippen LogP contribution in [0.3, 0.4) is 0 Å². The summed E-state index contributed by atoms with van der Waals surface area (Å²) in [6, 6.07) is 10.1. The molecule has 1 aliphatic carbocycles. The molecule has 1 saturated carbocycles. The molecule has 2 fully saturated rings. The number of benzene rings is 2. The van der Waals surface area contributed by atoms with E-state index in [1.165, 1.54) is 24.3 Å². The summed E-state index contributed by atoms with van der Waals surface area (Å²) in [6.45, 7) is 0.133. The van der Waals surface area contributed by atoms with Crippen molar-refractivity contribution in [2.75, 3.05) is 23.3 Å². The fourth-order valence-corrected chi connectivity index (χ4v) is 5.33. The van der Waals surface area contributed by atoms with Gasteiger partial charge in [0.25, 0.3) is 11.8 Å². The lowest BCUT2D eigenvalue weighted by molar-refractivity contribution is -0.135. The summed E-state index contributed by atoms with van der Waals surface area (Å²) in [7, 11) is 0. The summed E-state index contributed by atoms with van der Waals surface area (Å²) >= 11 is 0. The molecular formula is C26H27FN4O4. The standard InChI is InChI=1S/C26H27FN4O4/c27-18-11-9-17(10-12-18)23(33)28-20-7-4-8-21-19(20)6-5-15-30(21)22(32)16-31-24(34)26(29-25(31)35)13-2-1-3-14-26/h4,7-12H,1-3,5-6,13-16H2,(H,28,33)(H,29,35). The highest BCUT2D eigenvalue weighted by atomic mass is 19.1. The predicted octanol–water partition coefficient (Wildman–Crippen LogP) is 3.61. The van der Waals surface area contributed by atoms with Crippen molar-refractivity contribution >= 4 is 35.1 Å². The smallest absolute Gasteiger partial charge is 0.323 e. The van der Waals surface area contributed by atoms with Crippen molar-refractivity contribution in [1.29, 1.82) is 0 Å². The largest absolute Gasteiger partial charge is 0.325 e. The molecule has 182 valence electrons. The van der Waals surface area contributed by atoms with Crippen molar-refractivity contribution in [1.82, 2.24) is 10.2 Å². The van der Waals surface area contributed by atoms with Gasteiger partial charge in [-0.1, -0.05) is 25.3 Å². The lowest BCUT2D eigenvalue weighted by Gasteiger charge is -2.32. The van der Waals surface area contributed by atoms with E-state index in [4.69, 9.17) is 0 Å². The lowest BCUT2D eigenvalue weighted by Crippen LogP contribution is -2.49. The monoisotopic (exact) mass is 478 g/mol. The number of amides is 5. The Morgan fingerprint density at radius 3 is 2.49 bits per heavy atom. The zero-order valence-electron chi connectivity index (χ0n) is 19.3. The molecule has 5 rings (SSSR count). The highest BCUT2D eigenvalue weighted by molar-refractivity contribution is 6.11. The van der Waals surface area contributed by atoms with E-state index in [2.05, 4.69) is 10.6 Å². The van der Waals surface area contributed by atoms with Crippen LogP contribution < -0.4 is 15.5 Å². The van der Waals surface area contributed by atoms with Gasteiger partial charge in [-0.25, -0.2) is 9.18 Å². The molecule has 0 unspecified atom stereocenters. The van der Waals surface area contributed by atoms with Crippen molar-refractivity contribution in [3.63, 3.8) is 0 Å². The zero-order chi connectivity index (χ0) is 24.6. The van der Waals surface area contributed by atoms with Crippen LogP contribution in [0.2, 0.25) is 0 Å². The van der Waals surface area contributed by atoms with Gasteiger partial charge in [0.1, 0.15) is 17.9 Å². The molecule has 0 aromatic heterocycles. The first kappa shape index (κ1) is 23.0. The molecule has 5 amide bonds. The van der Waals surface area contributed by atoms with E-state index < -0.39 is 17.4 Å². The van der Waals surface area contributed by atoms with Gasteiger partial charge in [-0.05, 0) is 67.6 Å². The van der Waals surface area contributed by atoms with Gasteiger partial charge < -0.3 is 15.5 Å². The topological polar surface area (TPSA) is 98.8 Å². The highest BCUT2D eigenvalue weighted by Crippen LogP contribution is 2.35. The van der Waals surface area contributed by atoms with Crippen LogP contribution in [-0.2, 0) is 16.0 Å². The summed E-state index contributed by atoms with van der Waals surface area (Å²) in [6.07, 6.45) is 5.32. The molecule has 0 bridgehead atoms. The molecule has 35 heavy (non-hydrogen) atoms. The minimum absolute atomic E-state index is 0.312. The van der Waals surface area contributed by atoms with E-state index in [1.807, 2.05) is 0 Å². The van der Waals surface area contributed by atoms with Gasteiger partial charge in [-0.3, -0.25) is 19.3 Å². The van der Waals surface area contributed by atoms with Crippen molar-refractivity contribution in [2.24, 2.45) is 0 Å². The Morgan fingerprint density at radius 1 is 1.00 bits per heavy atom. The van der Waals surface area contributed by atoms with Crippen LogP contribution >= 0.6 is 0 Å². The summed E-state index contributed by atoms with van der Waals surface area (Å²) in [4.78, 5) is 54.3. The number of imide groups is 1. The van der Waals surface area contributed by atoms with Crippen molar-refractivity contribution in [3.8, 4) is 0 Å². The highest BCUT2D eigenvalue weighted by Gasteiger charge is 2.51. The van der Waals surface area contributed by atoms with Gasteiger partial charge in [-0.2, -0.15) is 0 Å². The van der Waals surface area contributed by atoms with Crippen LogP contribution in [0.5, 0.6) is 0 Å². The van der Waals surface area contributed by atoms with Crippen molar-refractivity contribution in [3.05, 3.63) is 59.4 Å². The first-order chi connectivity index (χ1) is 16.9. The molecule has 2 heterocycles. The first-order valence-corrected chi connectivity index (χ1v) is 12.0. The quantitative estimate of drug-likeness (QED) is 0.656. The van der Waals surface area contributed by atoms with Crippen LogP contribution in [0.1, 0.15) is 54.4 Å². The lowest BCUT2D eigenvalue weighted by atomic mass is 9.82. The maximum absolute atomic E-state index is 13.3. The first-order valence-electron chi connectivity index (χ1n) is 12.0. The number of anilines is 2. The normalized spacial score (nSPS) is 18.9.